The van der Waals surface area contributed by atoms with Gasteiger partial charge in [-0.05, 0) is 29.0 Å². The number of anilines is 1. The molecule has 7 nitrogen and oxygen atoms in total. The van der Waals surface area contributed by atoms with E-state index in [2.05, 4.69) is 25.5 Å². The molecule has 0 bridgehead atoms. The Morgan fingerprint density at radius 2 is 1.86 bits per heavy atom. The van der Waals surface area contributed by atoms with Crippen molar-refractivity contribution in [2.75, 3.05) is 12.4 Å². The second kappa shape index (κ2) is 6.79. The van der Waals surface area contributed by atoms with Gasteiger partial charge in [0.15, 0.2) is 5.82 Å². The van der Waals surface area contributed by atoms with Gasteiger partial charge >= 0.3 is 0 Å². The SMILES string of the molecule is COc1ccc2ccccc2c1C(=O)Nc1cn[nH]c1-c1nc2ccccc2[nH]1. The fourth-order valence-corrected chi connectivity index (χ4v) is 3.47. The van der Waals surface area contributed by atoms with Crippen LogP contribution in [0.1, 0.15) is 10.4 Å². The maximum absolute atomic E-state index is 13.2. The van der Waals surface area contributed by atoms with Gasteiger partial charge in [-0.1, -0.05) is 42.5 Å². The van der Waals surface area contributed by atoms with E-state index in [1.54, 1.807) is 19.4 Å². The van der Waals surface area contributed by atoms with Crippen LogP contribution < -0.4 is 10.1 Å². The molecule has 0 unspecified atom stereocenters. The molecule has 5 aromatic rings. The number of nitrogens with one attached hydrogen (secondary N) is 3. The quantitative estimate of drug-likeness (QED) is 0.429. The molecule has 0 aliphatic carbocycles. The first-order valence-electron chi connectivity index (χ1n) is 9.10. The van der Waals surface area contributed by atoms with Gasteiger partial charge in [-0.3, -0.25) is 9.89 Å². The molecule has 0 aliphatic rings. The number of methoxy groups -OCH3 is 1. The van der Waals surface area contributed by atoms with E-state index in [0.29, 0.717) is 28.5 Å². The van der Waals surface area contributed by atoms with Gasteiger partial charge in [-0.2, -0.15) is 5.10 Å². The zero-order valence-corrected chi connectivity index (χ0v) is 15.6. The van der Waals surface area contributed by atoms with E-state index in [1.165, 1.54) is 0 Å². The molecule has 2 aromatic heterocycles. The Balaban J connectivity index is 1.55. The number of ether oxygens (including phenoxy) is 1. The first-order valence-corrected chi connectivity index (χ1v) is 9.10. The Kier molecular flexibility index (Phi) is 3.98. The average Bonchev–Trinajstić information content (AvgIpc) is 3.39. The first-order chi connectivity index (χ1) is 14.2. The summed E-state index contributed by atoms with van der Waals surface area (Å²) >= 11 is 0. The van der Waals surface area contributed by atoms with Crippen molar-refractivity contribution >= 4 is 33.4 Å². The Morgan fingerprint density at radius 3 is 2.72 bits per heavy atom. The Hall–Kier alpha value is -4.13. The molecule has 0 aliphatic heterocycles. The summed E-state index contributed by atoms with van der Waals surface area (Å²) in [5.74, 6) is 0.830. The highest BCUT2D eigenvalue weighted by molar-refractivity contribution is 6.15. The Morgan fingerprint density at radius 1 is 1.03 bits per heavy atom. The number of benzene rings is 3. The van der Waals surface area contributed by atoms with Crippen LogP contribution in [0, 0.1) is 0 Å². The number of H-pyrrole nitrogens is 2. The number of aromatic nitrogens is 4. The van der Waals surface area contributed by atoms with Crippen molar-refractivity contribution in [3.63, 3.8) is 0 Å². The van der Waals surface area contributed by atoms with E-state index in [9.17, 15) is 4.79 Å². The van der Waals surface area contributed by atoms with Crippen LogP contribution >= 0.6 is 0 Å². The second-order valence-electron chi connectivity index (χ2n) is 6.58. The van der Waals surface area contributed by atoms with Crippen molar-refractivity contribution in [1.29, 1.82) is 0 Å². The number of hydrogen-bond donors (Lipinski definition) is 3. The minimum atomic E-state index is -0.280. The smallest absolute Gasteiger partial charge is 0.260 e. The molecule has 5 rings (SSSR count). The van der Waals surface area contributed by atoms with E-state index in [1.807, 2.05) is 54.6 Å². The van der Waals surface area contributed by atoms with Crippen molar-refractivity contribution in [2.24, 2.45) is 0 Å². The first kappa shape index (κ1) is 17.0. The molecule has 142 valence electrons. The maximum atomic E-state index is 13.2. The lowest BCUT2D eigenvalue weighted by molar-refractivity contribution is 0.102. The van der Waals surface area contributed by atoms with Crippen molar-refractivity contribution in [3.8, 4) is 17.3 Å². The zero-order chi connectivity index (χ0) is 19.8. The summed E-state index contributed by atoms with van der Waals surface area (Å²) in [6.07, 6.45) is 1.57. The molecule has 0 atom stereocenters. The lowest BCUT2D eigenvalue weighted by Crippen LogP contribution is -2.14. The molecule has 7 heteroatoms. The van der Waals surface area contributed by atoms with Gasteiger partial charge in [0.2, 0.25) is 0 Å². The molecule has 0 fully saturated rings. The van der Waals surface area contributed by atoms with Crippen LogP contribution in [0.3, 0.4) is 0 Å². The predicted molar refractivity (Wildman–Crippen MR) is 112 cm³/mol. The van der Waals surface area contributed by atoms with Gasteiger partial charge in [0.05, 0.1) is 35.6 Å². The van der Waals surface area contributed by atoms with Gasteiger partial charge < -0.3 is 15.0 Å². The van der Waals surface area contributed by atoms with Crippen LogP contribution in [0.5, 0.6) is 5.75 Å². The molecule has 0 spiro atoms. The van der Waals surface area contributed by atoms with Crippen LogP contribution in [0.4, 0.5) is 5.69 Å². The standard InChI is InChI=1S/C22H17N5O2/c1-29-18-11-10-13-6-2-3-7-14(13)19(18)22(28)26-17-12-23-27-20(17)21-24-15-8-4-5-9-16(15)25-21/h2-12H,1H3,(H,23,27)(H,24,25)(H,26,28). The zero-order valence-electron chi connectivity index (χ0n) is 15.6. The average molecular weight is 383 g/mol. The third-order valence-electron chi connectivity index (χ3n) is 4.85. The number of carbonyl (C=O) groups excluding carboxylic acids is 1. The lowest BCUT2D eigenvalue weighted by atomic mass is 10.0. The fraction of sp³-hybridized carbons (Fsp3) is 0.0455. The van der Waals surface area contributed by atoms with Gasteiger partial charge in [-0.15, -0.1) is 0 Å². The third-order valence-corrected chi connectivity index (χ3v) is 4.85. The number of amides is 1. The van der Waals surface area contributed by atoms with Crippen LogP contribution in [-0.4, -0.2) is 33.2 Å². The number of imidazole rings is 1. The minimum absolute atomic E-state index is 0.280. The maximum Gasteiger partial charge on any atom is 0.260 e. The Labute approximate surface area is 165 Å². The van der Waals surface area contributed by atoms with E-state index in [4.69, 9.17) is 4.74 Å². The molecule has 0 saturated carbocycles. The number of para-hydroxylation sites is 2. The summed E-state index contributed by atoms with van der Waals surface area (Å²) in [6, 6.07) is 19.2. The van der Waals surface area contributed by atoms with Gasteiger partial charge in [-0.25, -0.2) is 4.98 Å². The number of nitrogens with zero attached hydrogens (tertiary/aromatic N) is 2. The number of aromatic amines is 2. The van der Waals surface area contributed by atoms with E-state index in [-0.39, 0.29) is 5.91 Å². The highest BCUT2D eigenvalue weighted by Crippen LogP contribution is 2.30. The lowest BCUT2D eigenvalue weighted by Gasteiger charge is -2.12. The summed E-state index contributed by atoms with van der Waals surface area (Å²) in [4.78, 5) is 21.0. The molecule has 29 heavy (non-hydrogen) atoms. The molecule has 0 saturated heterocycles. The van der Waals surface area contributed by atoms with Crippen LogP contribution in [0.15, 0.2) is 66.9 Å². The monoisotopic (exact) mass is 383 g/mol. The van der Waals surface area contributed by atoms with Gasteiger partial charge in [0.25, 0.3) is 5.91 Å². The number of carbonyl (C=O) groups is 1. The summed E-state index contributed by atoms with van der Waals surface area (Å²) in [7, 11) is 1.55. The number of rotatable bonds is 4. The number of hydrogen-bond acceptors (Lipinski definition) is 4. The largest absolute Gasteiger partial charge is 0.496 e. The summed E-state index contributed by atoms with van der Waals surface area (Å²) < 4.78 is 5.45. The second-order valence-corrected chi connectivity index (χ2v) is 6.58. The minimum Gasteiger partial charge on any atom is -0.496 e. The molecule has 3 N–H and O–H groups in total. The topological polar surface area (TPSA) is 95.7 Å². The molecular weight excluding hydrogens is 366 g/mol. The van der Waals surface area contributed by atoms with E-state index in [0.717, 1.165) is 21.8 Å². The fourth-order valence-electron chi connectivity index (χ4n) is 3.47. The normalized spacial score (nSPS) is 11.1. The summed E-state index contributed by atoms with van der Waals surface area (Å²) in [5.41, 5.74) is 3.36. The van der Waals surface area contributed by atoms with Crippen molar-refractivity contribution < 1.29 is 9.53 Å². The summed E-state index contributed by atoms with van der Waals surface area (Å²) in [5, 5.41) is 11.7. The van der Waals surface area contributed by atoms with Crippen molar-refractivity contribution in [3.05, 3.63) is 72.4 Å². The molecule has 3 aromatic carbocycles. The van der Waals surface area contributed by atoms with Crippen LogP contribution in [-0.2, 0) is 0 Å². The number of fused-ring (bicyclic) bond motifs is 2. The highest BCUT2D eigenvalue weighted by atomic mass is 16.5. The third kappa shape index (κ3) is 2.89. The molecule has 1 amide bonds. The molecule has 0 radical (unpaired) electrons. The van der Waals surface area contributed by atoms with Crippen LogP contribution in [0.25, 0.3) is 33.3 Å². The highest BCUT2D eigenvalue weighted by Gasteiger charge is 2.20. The van der Waals surface area contributed by atoms with Crippen molar-refractivity contribution in [1.82, 2.24) is 20.2 Å². The predicted octanol–water partition coefficient (Wildman–Crippen LogP) is 4.37. The molecule has 2 heterocycles. The Bertz CT molecular complexity index is 1320. The van der Waals surface area contributed by atoms with Crippen molar-refractivity contribution in [2.45, 2.75) is 0 Å². The van der Waals surface area contributed by atoms with Crippen LogP contribution in [0.2, 0.25) is 0 Å². The summed E-state index contributed by atoms with van der Waals surface area (Å²) in [6.45, 7) is 0. The van der Waals surface area contributed by atoms with Gasteiger partial charge in [0.1, 0.15) is 11.4 Å². The van der Waals surface area contributed by atoms with E-state index < -0.39 is 0 Å². The molecular formula is C22H17N5O2. The van der Waals surface area contributed by atoms with Gasteiger partial charge in [0, 0.05) is 0 Å². The van der Waals surface area contributed by atoms with E-state index >= 15 is 0 Å².